The first-order valence-electron chi connectivity index (χ1n) is 11.9. The number of hydrogen-bond donors (Lipinski definition) is 4. The number of hydrogen-bond acceptors (Lipinski definition) is 4. The van der Waals surface area contributed by atoms with Crippen LogP contribution in [-0.4, -0.2) is 28.0 Å². The van der Waals surface area contributed by atoms with Gasteiger partial charge in [-0.15, -0.1) is 0 Å². The van der Waals surface area contributed by atoms with Crippen LogP contribution in [0.1, 0.15) is 80.3 Å². The molecule has 0 spiro atoms. The van der Waals surface area contributed by atoms with Gasteiger partial charge in [0, 0.05) is 12.1 Å². The number of fused-ring (bicyclic) bond motifs is 2. The highest BCUT2D eigenvalue weighted by Crippen LogP contribution is 2.54. The van der Waals surface area contributed by atoms with Crippen molar-refractivity contribution in [1.82, 2.24) is 15.3 Å². The van der Waals surface area contributed by atoms with Crippen molar-refractivity contribution in [2.45, 2.75) is 76.3 Å². The van der Waals surface area contributed by atoms with Gasteiger partial charge in [-0.1, -0.05) is 37.3 Å². The highest BCUT2D eigenvalue weighted by molar-refractivity contribution is 5.97. The maximum Gasteiger partial charge on any atom is 0.326 e. The van der Waals surface area contributed by atoms with Gasteiger partial charge in [-0.2, -0.15) is 0 Å². The predicted octanol–water partition coefficient (Wildman–Crippen LogP) is 3.51. The molecule has 4 N–H and O–H groups in total. The fraction of sp³-hybridized carbons (Fsp3) is 0.560. The Bertz CT molecular complexity index is 1100. The number of carbonyl (C=O) groups excluding carboxylic acids is 1. The van der Waals surface area contributed by atoms with Crippen LogP contribution in [0.2, 0.25) is 0 Å². The first-order chi connectivity index (χ1) is 15.4. The number of carbonyl (C=O) groups is 1. The molecular formula is C25H32N4O3. The monoisotopic (exact) mass is 436 g/mol. The number of anilines is 1. The molecule has 5 rings (SSSR count). The van der Waals surface area contributed by atoms with Crippen LogP contribution in [0.3, 0.4) is 0 Å². The lowest BCUT2D eigenvalue weighted by Crippen LogP contribution is -2.41. The van der Waals surface area contributed by atoms with Crippen molar-refractivity contribution in [3.05, 3.63) is 62.4 Å². The standard InChI is InChI=1S/C25H32N4O3/c1-25-12-11-17(13-25)19(14-25)27-20-21(28-24(32)29-23(20)31)22(30)26-18-9-7-16(8-10-18)15-5-3-2-4-6-15/h2-6,16-19,27H,7-14H2,1H3,(H,26,30)(H2,28,29,31,32)/t16?,17-,18?,19-,25+/m1/s1. The van der Waals surface area contributed by atoms with Gasteiger partial charge >= 0.3 is 5.69 Å². The van der Waals surface area contributed by atoms with E-state index in [1.54, 1.807) is 0 Å². The molecule has 1 heterocycles. The summed E-state index contributed by atoms with van der Waals surface area (Å²) >= 11 is 0. The van der Waals surface area contributed by atoms with Crippen LogP contribution < -0.4 is 21.9 Å². The molecule has 1 aromatic heterocycles. The number of benzene rings is 1. The summed E-state index contributed by atoms with van der Waals surface area (Å²) < 4.78 is 0. The number of nitrogens with one attached hydrogen (secondary N) is 4. The lowest BCUT2D eigenvalue weighted by molar-refractivity contribution is 0.0921. The van der Waals surface area contributed by atoms with Gasteiger partial charge in [0.05, 0.1) is 0 Å². The minimum absolute atomic E-state index is 0.0412. The summed E-state index contributed by atoms with van der Waals surface area (Å²) in [5.74, 6) is 0.642. The van der Waals surface area contributed by atoms with Gasteiger partial charge in [0.25, 0.3) is 11.5 Å². The van der Waals surface area contributed by atoms with Crippen molar-refractivity contribution in [1.29, 1.82) is 0 Å². The molecule has 0 radical (unpaired) electrons. The summed E-state index contributed by atoms with van der Waals surface area (Å²) in [6.45, 7) is 2.30. The molecule has 3 fully saturated rings. The quantitative estimate of drug-likeness (QED) is 0.575. The first kappa shape index (κ1) is 21.0. The lowest BCUT2D eigenvalue weighted by Gasteiger charge is -2.30. The molecule has 2 aromatic rings. The molecule has 7 nitrogen and oxygen atoms in total. The predicted molar refractivity (Wildman–Crippen MR) is 124 cm³/mol. The highest BCUT2D eigenvalue weighted by atomic mass is 16.2. The van der Waals surface area contributed by atoms with E-state index in [0.29, 0.717) is 17.3 Å². The largest absolute Gasteiger partial charge is 0.376 e. The number of rotatable bonds is 5. The third-order valence-electron chi connectivity index (χ3n) is 7.99. The van der Waals surface area contributed by atoms with E-state index in [1.807, 2.05) is 6.07 Å². The molecule has 1 amide bonds. The second-order valence-electron chi connectivity index (χ2n) is 10.4. The molecule has 3 saturated carbocycles. The van der Waals surface area contributed by atoms with E-state index >= 15 is 0 Å². The fourth-order valence-corrected chi connectivity index (χ4v) is 6.30. The van der Waals surface area contributed by atoms with Gasteiger partial charge in [-0.3, -0.25) is 14.6 Å². The summed E-state index contributed by atoms with van der Waals surface area (Å²) in [6, 6.07) is 10.7. The minimum atomic E-state index is -0.654. The van der Waals surface area contributed by atoms with E-state index in [0.717, 1.165) is 44.9 Å². The Morgan fingerprint density at radius 1 is 1.00 bits per heavy atom. The molecule has 0 saturated heterocycles. The molecule has 1 aromatic carbocycles. The molecule has 2 bridgehead atoms. The lowest BCUT2D eigenvalue weighted by atomic mass is 9.82. The van der Waals surface area contributed by atoms with Gasteiger partial charge in [0.1, 0.15) is 11.4 Å². The normalized spacial score (nSPS) is 31.4. The maximum absolute atomic E-state index is 13.1. The molecule has 0 aliphatic heterocycles. The molecule has 170 valence electrons. The Balaban J connectivity index is 1.28. The van der Waals surface area contributed by atoms with Crippen molar-refractivity contribution in [2.24, 2.45) is 11.3 Å². The Morgan fingerprint density at radius 2 is 1.75 bits per heavy atom. The summed E-state index contributed by atoms with van der Waals surface area (Å²) in [6.07, 6.45) is 8.27. The zero-order valence-corrected chi connectivity index (χ0v) is 18.6. The molecule has 3 aliphatic rings. The minimum Gasteiger partial charge on any atom is -0.376 e. The number of amides is 1. The molecule has 0 unspecified atom stereocenters. The van der Waals surface area contributed by atoms with Crippen LogP contribution in [0.5, 0.6) is 0 Å². The Morgan fingerprint density at radius 3 is 2.41 bits per heavy atom. The highest BCUT2D eigenvalue weighted by Gasteiger charge is 2.47. The zero-order chi connectivity index (χ0) is 22.3. The van der Waals surface area contributed by atoms with E-state index in [1.165, 1.54) is 12.0 Å². The van der Waals surface area contributed by atoms with Crippen molar-refractivity contribution in [3.63, 3.8) is 0 Å². The second-order valence-corrected chi connectivity index (χ2v) is 10.4. The average molecular weight is 437 g/mol. The van der Waals surface area contributed by atoms with Gasteiger partial charge in [-0.05, 0) is 74.2 Å². The van der Waals surface area contributed by atoms with Gasteiger partial charge in [0.2, 0.25) is 0 Å². The van der Waals surface area contributed by atoms with Crippen LogP contribution in [-0.2, 0) is 0 Å². The number of aromatic amines is 2. The Labute approximate surface area is 187 Å². The summed E-state index contributed by atoms with van der Waals surface area (Å²) in [4.78, 5) is 42.5. The maximum atomic E-state index is 13.1. The molecule has 32 heavy (non-hydrogen) atoms. The van der Waals surface area contributed by atoms with E-state index in [2.05, 4.69) is 51.8 Å². The topological polar surface area (TPSA) is 107 Å². The van der Waals surface area contributed by atoms with E-state index in [9.17, 15) is 14.4 Å². The summed E-state index contributed by atoms with van der Waals surface area (Å²) in [5, 5.41) is 6.40. The van der Waals surface area contributed by atoms with Crippen molar-refractivity contribution >= 4 is 11.6 Å². The number of H-pyrrole nitrogens is 2. The third kappa shape index (κ3) is 4.12. The van der Waals surface area contributed by atoms with Crippen LogP contribution in [0, 0.1) is 11.3 Å². The SMILES string of the molecule is C[C@]12CC[C@H](C1)[C@H](Nc1c(C(=O)NC3CCC(c4ccccc4)CC3)[nH]c(=O)[nH]c1=O)C2. The van der Waals surface area contributed by atoms with E-state index in [-0.39, 0.29) is 29.4 Å². The van der Waals surface area contributed by atoms with Gasteiger partial charge in [-0.25, -0.2) is 4.79 Å². The van der Waals surface area contributed by atoms with Crippen molar-refractivity contribution < 1.29 is 4.79 Å². The second kappa shape index (κ2) is 8.26. The number of aromatic nitrogens is 2. The van der Waals surface area contributed by atoms with Crippen LogP contribution in [0.25, 0.3) is 0 Å². The third-order valence-corrected chi connectivity index (χ3v) is 7.99. The van der Waals surface area contributed by atoms with Gasteiger partial charge < -0.3 is 15.6 Å². The Hall–Kier alpha value is -2.83. The Kier molecular flexibility index (Phi) is 5.43. The van der Waals surface area contributed by atoms with Crippen molar-refractivity contribution in [3.8, 4) is 0 Å². The summed E-state index contributed by atoms with van der Waals surface area (Å²) in [7, 11) is 0. The van der Waals surface area contributed by atoms with Crippen LogP contribution in [0.4, 0.5) is 5.69 Å². The average Bonchev–Trinajstić information content (AvgIpc) is 3.32. The molecule has 3 atom stereocenters. The molecular weight excluding hydrogens is 404 g/mol. The molecule has 3 aliphatic carbocycles. The van der Waals surface area contributed by atoms with Gasteiger partial charge in [0.15, 0.2) is 0 Å². The smallest absolute Gasteiger partial charge is 0.326 e. The van der Waals surface area contributed by atoms with Crippen LogP contribution in [0.15, 0.2) is 39.9 Å². The summed E-state index contributed by atoms with van der Waals surface area (Å²) in [5.41, 5.74) is 0.732. The van der Waals surface area contributed by atoms with E-state index < -0.39 is 11.2 Å². The zero-order valence-electron chi connectivity index (χ0n) is 18.6. The first-order valence-corrected chi connectivity index (χ1v) is 11.9. The van der Waals surface area contributed by atoms with Crippen molar-refractivity contribution in [2.75, 3.05) is 5.32 Å². The van der Waals surface area contributed by atoms with E-state index in [4.69, 9.17) is 0 Å². The molecule has 7 heteroatoms. The van der Waals surface area contributed by atoms with Crippen LogP contribution >= 0.6 is 0 Å². The fourth-order valence-electron chi connectivity index (χ4n) is 6.30.